The van der Waals surface area contributed by atoms with Gasteiger partial charge in [0.2, 0.25) is 0 Å². The zero-order valence-electron chi connectivity index (χ0n) is 10.7. The summed E-state index contributed by atoms with van der Waals surface area (Å²) in [7, 11) is 0. The largest absolute Gasteiger partial charge is 0.861 e. The molecule has 0 aliphatic carbocycles. The third kappa shape index (κ3) is 4.29. The van der Waals surface area contributed by atoms with E-state index in [9.17, 15) is 5.11 Å². The van der Waals surface area contributed by atoms with Gasteiger partial charge in [0.15, 0.2) is 0 Å². The monoisotopic (exact) mass is 330 g/mol. The normalized spacial score (nSPS) is 14.2. The zero-order chi connectivity index (χ0) is 13.7. The molecule has 0 saturated heterocycles. The van der Waals surface area contributed by atoms with Crippen LogP contribution in [0.2, 0.25) is 0 Å². The number of alkyl halides is 2. The van der Waals surface area contributed by atoms with Gasteiger partial charge < -0.3 is 10.5 Å². The second kappa shape index (κ2) is 7.15. The quantitative estimate of drug-likeness (QED) is 0.480. The fraction of sp³-hybridized carbons (Fsp3) is 0.500. The molecule has 1 aromatic rings. The average molecular weight is 332 g/mol. The molecule has 0 saturated carbocycles. The highest BCUT2D eigenvalue weighted by Gasteiger charge is 2.13. The van der Waals surface area contributed by atoms with Crippen LogP contribution in [0.15, 0.2) is 18.2 Å². The molecule has 0 aliphatic heterocycles. The molecular formula is C14H18BrClNO-. The topological polar surface area (TPSA) is 46.9 Å². The summed E-state index contributed by atoms with van der Waals surface area (Å²) in [4.78, 5) is -0.362. The second-order valence-electron chi connectivity index (χ2n) is 4.54. The number of hydrogen-bond donors (Lipinski definition) is 1. The Balaban J connectivity index is 2.56. The zero-order valence-corrected chi connectivity index (χ0v) is 13.0. The molecule has 2 unspecified atom stereocenters. The SMILES string of the molecule is Cc1cccc(C)c1C(Cl)CCCC(Br)C(=N)[O-]. The first-order valence-electron chi connectivity index (χ1n) is 6.03. The van der Waals surface area contributed by atoms with Crippen LogP contribution in [-0.4, -0.2) is 10.7 Å². The Kier molecular flexibility index (Phi) is 6.16. The third-order valence-electron chi connectivity index (χ3n) is 3.05. The number of hydrogen-bond acceptors (Lipinski definition) is 2. The molecular weight excluding hydrogens is 314 g/mol. The van der Waals surface area contributed by atoms with Crippen LogP contribution in [0.5, 0.6) is 0 Å². The fourth-order valence-corrected chi connectivity index (χ4v) is 2.90. The highest BCUT2D eigenvalue weighted by Crippen LogP contribution is 2.31. The standard InChI is InChI=1S/C14H19BrClNO/c1-9-5-3-6-10(2)13(9)12(16)8-4-7-11(15)14(17)18/h3,5-6,11-12H,4,7-8H2,1-2H3,(H2,17,18)/p-1. The van der Waals surface area contributed by atoms with Crippen molar-refractivity contribution in [2.45, 2.75) is 43.3 Å². The molecule has 0 amide bonds. The third-order valence-corrected chi connectivity index (χ3v) is 4.37. The van der Waals surface area contributed by atoms with E-state index in [-0.39, 0.29) is 10.2 Å². The van der Waals surface area contributed by atoms with E-state index in [1.54, 1.807) is 0 Å². The number of aryl methyl sites for hydroxylation is 2. The van der Waals surface area contributed by atoms with Crippen LogP contribution < -0.4 is 5.11 Å². The fourth-order valence-electron chi connectivity index (χ4n) is 2.07. The summed E-state index contributed by atoms with van der Waals surface area (Å²) < 4.78 is 0. The molecule has 0 radical (unpaired) electrons. The number of benzene rings is 1. The lowest BCUT2D eigenvalue weighted by molar-refractivity contribution is -0.219. The molecule has 4 heteroatoms. The molecule has 1 rings (SSSR count). The number of nitrogens with one attached hydrogen (secondary N) is 1. The van der Waals surface area contributed by atoms with Crippen molar-refractivity contribution in [1.82, 2.24) is 0 Å². The first-order chi connectivity index (χ1) is 8.43. The first-order valence-corrected chi connectivity index (χ1v) is 7.38. The highest BCUT2D eigenvalue weighted by molar-refractivity contribution is 9.10. The lowest BCUT2D eigenvalue weighted by Crippen LogP contribution is -2.26. The molecule has 2 atom stereocenters. The van der Waals surface area contributed by atoms with E-state index in [0.717, 1.165) is 12.8 Å². The van der Waals surface area contributed by atoms with Gasteiger partial charge in [0.25, 0.3) is 0 Å². The molecule has 2 nitrogen and oxygen atoms in total. The summed E-state index contributed by atoms with van der Waals surface area (Å²) in [5.41, 5.74) is 3.62. The van der Waals surface area contributed by atoms with Crippen molar-refractivity contribution in [2.24, 2.45) is 0 Å². The number of halogens is 2. The Morgan fingerprint density at radius 2 is 1.89 bits per heavy atom. The highest BCUT2D eigenvalue weighted by atomic mass is 79.9. The molecule has 18 heavy (non-hydrogen) atoms. The van der Waals surface area contributed by atoms with Gasteiger partial charge in [0.1, 0.15) is 0 Å². The molecule has 0 aromatic heterocycles. The Hall–Kier alpha value is -0.540. The summed E-state index contributed by atoms with van der Waals surface area (Å²) in [6, 6.07) is 6.17. The van der Waals surface area contributed by atoms with Gasteiger partial charge in [-0.3, -0.25) is 0 Å². The van der Waals surface area contributed by atoms with Gasteiger partial charge in [0, 0.05) is 4.83 Å². The lowest BCUT2D eigenvalue weighted by Gasteiger charge is -2.18. The molecule has 0 aliphatic rings. The summed E-state index contributed by atoms with van der Waals surface area (Å²) >= 11 is 9.63. The van der Waals surface area contributed by atoms with Crippen molar-refractivity contribution in [3.63, 3.8) is 0 Å². The smallest absolute Gasteiger partial charge is 0.0590 e. The van der Waals surface area contributed by atoms with Crippen LogP contribution in [0, 0.1) is 19.3 Å². The number of rotatable bonds is 6. The average Bonchev–Trinajstić information content (AvgIpc) is 2.28. The van der Waals surface area contributed by atoms with Crippen molar-refractivity contribution in [3.05, 3.63) is 34.9 Å². The maximum Gasteiger partial charge on any atom is 0.0590 e. The predicted molar refractivity (Wildman–Crippen MR) is 78.8 cm³/mol. The van der Waals surface area contributed by atoms with Crippen LogP contribution in [0.1, 0.15) is 41.3 Å². The van der Waals surface area contributed by atoms with E-state index in [0.29, 0.717) is 6.42 Å². The van der Waals surface area contributed by atoms with E-state index in [4.69, 9.17) is 17.0 Å². The van der Waals surface area contributed by atoms with E-state index >= 15 is 0 Å². The van der Waals surface area contributed by atoms with Gasteiger partial charge >= 0.3 is 0 Å². The van der Waals surface area contributed by atoms with Gasteiger partial charge in [-0.05, 0) is 49.3 Å². The summed E-state index contributed by atoms with van der Waals surface area (Å²) in [5, 5.41) is 17.7. The summed E-state index contributed by atoms with van der Waals surface area (Å²) in [6.07, 6.45) is 2.32. The van der Waals surface area contributed by atoms with Crippen LogP contribution in [-0.2, 0) is 0 Å². The van der Waals surface area contributed by atoms with Gasteiger partial charge in [-0.25, -0.2) is 0 Å². The Morgan fingerprint density at radius 3 is 2.39 bits per heavy atom. The lowest BCUT2D eigenvalue weighted by atomic mass is 9.97. The van der Waals surface area contributed by atoms with Crippen molar-refractivity contribution in [1.29, 1.82) is 5.41 Å². The minimum atomic E-state index is -0.562. The molecule has 0 fully saturated rings. The van der Waals surface area contributed by atoms with Crippen LogP contribution in [0.25, 0.3) is 0 Å². The van der Waals surface area contributed by atoms with Gasteiger partial charge in [-0.2, -0.15) is 0 Å². The maximum atomic E-state index is 10.8. The van der Waals surface area contributed by atoms with E-state index in [1.165, 1.54) is 16.7 Å². The molecule has 0 spiro atoms. The Labute approximate surface area is 122 Å². The van der Waals surface area contributed by atoms with Crippen molar-refractivity contribution in [3.8, 4) is 0 Å². The summed E-state index contributed by atoms with van der Waals surface area (Å²) in [6.45, 7) is 4.14. The maximum absolute atomic E-state index is 10.8. The van der Waals surface area contributed by atoms with Crippen LogP contribution in [0.3, 0.4) is 0 Å². The Morgan fingerprint density at radius 1 is 1.33 bits per heavy atom. The van der Waals surface area contributed by atoms with E-state index < -0.39 is 5.90 Å². The molecule has 0 heterocycles. The van der Waals surface area contributed by atoms with Gasteiger partial charge in [-0.15, -0.1) is 11.6 Å². The van der Waals surface area contributed by atoms with E-state index in [1.807, 2.05) is 6.07 Å². The molecule has 0 bridgehead atoms. The predicted octanol–water partition coefficient (Wildman–Crippen LogP) is 3.85. The van der Waals surface area contributed by atoms with Crippen LogP contribution in [0.4, 0.5) is 0 Å². The summed E-state index contributed by atoms with van der Waals surface area (Å²) in [5.74, 6) is -0.562. The first kappa shape index (κ1) is 15.5. The molecule has 1 aromatic carbocycles. The minimum absolute atomic E-state index is 0.0215. The van der Waals surface area contributed by atoms with Gasteiger partial charge in [0.05, 0.1) is 5.38 Å². The van der Waals surface area contributed by atoms with Crippen molar-refractivity contribution < 1.29 is 5.11 Å². The molecule has 1 N–H and O–H groups in total. The van der Waals surface area contributed by atoms with Crippen molar-refractivity contribution >= 4 is 33.4 Å². The molecule has 100 valence electrons. The van der Waals surface area contributed by atoms with Crippen LogP contribution >= 0.6 is 27.5 Å². The van der Waals surface area contributed by atoms with Gasteiger partial charge in [-0.1, -0.05) is 40.5 Å². The minimum Gasteiger partial charge on any atom is -0.861 e. The Bertz CT molecular complexity index is 402. The van der Waals surface area contributed by atoms with Crippen molar-refractivity contribution in [2.75, 3.05) is 0 Å². The second-order valence-corrected chi connectivity index (χ2v) is 6.17. The van der Waals surface area contributed by atoms with E-state index in [2.05, 4.69) is 41.9 Å².